The lowest BCUT2D eigenvalue weighted by atomic mass is 10.0. The number of hydrogen-bond donors (Lipinski definition) is 6. The van der Waals surface area contributed by atoms with E-state index >= 15 is 0 Å². The molecule has 11 nitrogen and oxygen atoms in total. The van der Waals surface area contributed by atoms with E-state index < -0.39 is 35.9 Å². The summed E-state index contributed by atoms with van der Waals surface area (Å²) in [4.78, 5) is 42.9. The number of benzene rings is 3. The maximum atomic E-state index is 13.5. The molecule has 1 aromatic heterocycles. The first-order chi connectivity index (χ1) is 19.9. The van der Waals surface area contributed by atoms with E-state index in [0.29, 0.717) is 17.2 Å². The smallest absolute Gasteiger partial charge is 0.274 e. The Labute approximate surface area is 236 Å². The molecule has 0 fully saturated rings. The molecular formula is C30H29N5O6. The molecule has 0 saturated carbocycles. The molecule has 210 valence electrons. The highest BCUT2D eigenvalue weighted by atomic mass is 16.5. The molecule has 3 unspecified atom stereocenters. The van der Waals surface area contributed by atoms with Gasteiger partial charge in [0.2, 0.25) is 11.8 Å². The number of pyridine rings is 1. The molecule has 3 aromatic carbocycles. The minimum atomic E-state index is -2.00. The third-order valence-electron chi connectivity index (χ3n) is 5.96. The molecule has 0 radical (unpaired) electrons. The molecule has 0 aliphatic heterocycles. The van der Waals surface area contributed by atoms with Crippen LogP contribution in [0.15, 0.2) is 109 Å². The summed E-state index contributed by atoms with van der Waals surface area (Å²) in [6.45, 7) is 0. The van der Waals surface area contributed by atoms with E-state index in [0.717, 1.165) is 5.56 Å². The van der Waals surface area contributed by atoms with Gasteiger partial charge in [0.05, 0.1) is 0 Å². The van der Waals surface area contributed by atoms with Crippen LogP contribution in [0.1, 0.15) is 5.56 Å². The summed E-state index contributed by atoms with van der Waals surface area (Å²) < 4.78 is 5.77. The van der Waals surface area contributed by atoms with Crippen LogP contribution in [0.3, 0.4) is 0 Å². The fourth-order valence-electron chi connectivity index (χ4n) is 3.90. The van der Waals surface area contributed by atoms with Gasteiger partial charge in [0.1, 0.15) is 29.4 Å². The number of para-hydroxylation sites is 1. The molecule has 0 aliphatic carbocycles. The van der Waals surface area contributed by atoms with Crippen molar-refractivity contribution in [2.24, 2.45) is 0 Å². The Balaban J connectivity index is 1.52. The van der Waals surface area contributed by atoms with Gasteiger partial charge in [0, 0.05) is 18.3 Å². The molecule has 4 rings (SSSR count). The van der Waals surface area contributed by atoms with E-state index in [1.807, 2.05) is 24.3 Å². The number of hydrogen-bond acceptors (Lipinski definition) is 8. The van der Waals surface area contributed by atoms with Crippen LogP contribution in [-0.2, 0) is 20.8 Å². The number of aliphatic hydroxyl groups is 1. The summed E-state index contributed by atoms with van der Waals surface area (Å²) in [6.07, 6.45) is -0.372. The van der Waals surface area contributed by atoms with E-state index in [1.165, 1.54) is 11.7 Å². The third kappa shape index (κ3) is 8.36. The van der Waals surface area contributed by atoms with Crippen LogP contribution in [0.2, 0.25) is 0 Å². The lowest BCUT2D eigenvalue weighted by Crippen LogP contribution is -2.56. The molecule has 0 spiro atoms. The minimum Gasteiger partial charge on any atom is -0.457 e. The first kappa shape index (κ1) is 28.7. The largest absolute Gasteiger partial charge is 0.457 e. The molecular weight excluding hydrogens is 526 g/mol. The van der Waals surface area contributed by atoms with Crippen molar-refractivity contribution >= 4 is 29.2 Å². The van der Waals surface area contributed by atoms with Gasteiger partial charge in [-0.2, -0.15) is 0 Å². The number of aromatic nitrogens is 1. The number of carbonyl (C=O) groups excluding carboxylic acids is 3. The highest BCUT2D eigenvalue weighted by Crippen LogP contribution is 2.23. The zero-order valence-corrected chi connectivity index (χ0v) is 21.8. The summed E-state index contributed by atoms with van der Waals surface area (Å²) in [7, 11) is 0. The molecule has 0 aliphatic rings. The van der Waals surface area contributed by atoms with Gasteiger partial charge in [-0.25, -0.2) is 10.5 Å². The van der Waals surface area contributed by atoms with E-state index in [1.54, 1.807) is 78.9 Å². The lowest BCUT2D eigenvalue weighted by molar-refractivity contribution is -0.142. The Morgan fingerprint density at radius 2 is 1.39 bits per heavy atom. The van der Waals surface area contributed by atoms with Crippen molar-refractivity contribution in [1.82, 2.24) is 15.8 Å². The second-order valence-corrected chi connectivity index (χ2v) is 8.94. The molecule has 41 heavy (non-hydrogen) atoms. The second-order valence-electron chi connectivity index (χ2n) is 8.94. The van der Waals surface area contributed by atoms with Gasteiger partial charge >= 0.3 is 0 Å². The number of amides is 3. The number of hydroxylamine groups is 1. The first-order valence-electron chi connectivity index (χ1n) is 12.7. The summed E-state index contributed by atoms with van der Waals surface area (Å²) in [5.41, 5.74) is 2.49. The normalized spacial score (nSPS) is 12.7. The van der Waals surface area contributed by atoms with E-state index in [2.05, 4.69) is 20.9 Å². The monoisotopic (exact) mass is 555 g/mol. The van der Waals surface area contributed by atoms with Crippen LogP contribution >= 0.6 is 0 Å². The predicted octanol–water partition coefficient (Wildman–Crippen LogP) is 2.89. The molecule has 3 atom stereocenters. The van der Waals surface area contributed by atoms with Gasteiger partial charge in [0.15, 0.2) is 6.10 Å². The Hall–Kier alpha value is -5.26. The Morgan fingerprint density at radius 1 is 0.756 bits per heavy atom. The summed E-state index contributed by atoms with van der Waals surface area (Å²) in [5, 5.41) is 27.8. The van der Waals surface area contributed by atoms with Crippen LogP contribution in [0.25, 0.3) is 0 Å². The van der Waals surface area contributed by atoms with Crippen molar-refractivity contribution in [3.8, 4) is 11.5 Å². The zero-order valence-electron chi connectivity index (χ0n) is 21.8. The summed E-state index contributed by atoms with van der Waals surface area (Å²) >= 11 is 0. The van der Waals surface area contributed by atoms with Crippen LogP contribution < -0.4 is 26.2 Å². The van der Waals surface area contributed by atoms with Crippen molar-refractivity contribution in [3.63, 3.8) is 0 Å². The predicted molar refractivity (Wildman–Crippen MR) is 151 cm³/mol. The van der Waals surface area contributed by atoms with Crippen molar-refractivity contribution in [2.75, 3.05) is 10.6 Å². The van der Waals surface area contributed by atoms with Crippen LogP contribution in [0.4, 0.5) is 11.5 Å². The van der Waals surface area contributed by atoms with E-state index in [-0.39, 0.29) is 12.2 Å². The number of nitrogens with zero attached hydrogens (tertiary/aromatic N) is 1. The summed E-state index contributed by atoms with van der Waals surface area (Å²) in [5.74, 6) is -1.18. The van der Waals surface area contributed by atoms with E-state index in [4.69, 9.17) is 9.94 Å². The number of carbonyl (C=O) groups is 3. The van der Waals surface area contributed by atoms with Crippen molar-refractivity contribution in [1.29, 1.82) is 0 Å². The average molecular weight is 556 g/mol. The third-order valence-corrected chi connectivity index (χ3v) is 5.96. The van der Waals surface area contributed by atoms with Gasteiger partial charge in [-0.15, -0.1) is 0 Å². The molecule has 3 amide bonds. The Bertz CT molecular complexity index is 1420. The van der Waals surface area contributed by atoms with Crippen molar-refractivity contribution < 1.29 is 29.4 Å². The van der Waals surface area contributed by atoms with Crippen LogP contribution in [0, 0.1) is 0 Å². The van der Waals surface area contributed by atoms with Gasteiger partial charge in [-0.3, -0.25) is 19.6 Å². The summed E-state index contributed by atoms with van der Waals surface area (Å²) in [6, 6.07) is 27.0. The van der Waals surface area contributed by atoms with Crippen LogP contribution in [-0.4, -0.2) is 51.2 Å². The maximum absolute atomic E-state index is 13.5. The van der Waals surface area contributed by atoms with Gasteiger partial charge in [0.25, 0.3) is 5.91 Å². The van der Waals surface area contributed by atoms with E-state index in [9.17, 15) is 19.5 Å². The molecule has 4 aromatic rings. The Kier molecular flexibility index (Phi) is 9.97. The fourth-order valence-corrected chi connectivity index (χ4v) is 3.90. The lowest BCUT2D eigenvalue weighted by Gasteiger charge is -2.26. The minimum absolute atomic E-state index is 0.117. The highest BCUT2D eigenvalue weighted by molar-refractivity contribution is 5.99. The van der Waals surface area contributed by atoms with Crippen molar-refractivity contribution in [3.05, 3.63) is 115 Å². The molecule has 0 saturated heterocycles. The molecule has 1 heterocycles. The molecule has 0 bridgehead atoms. The fraction of sp³-hybridized carbons (Fsp3) is 0.133. The van der Waals surface area contributed by atoms with Crippen molar-refractivity contribution in [2.45, 2.75) is 24.6 Å². The SMILES string of the molecule is O=C(Nc1ccccn1)C(Cc1ccccc1)NC(=O)C(Nc1ccc(Oc2ccccc2)cc1)C(O)C(=O)NO. The molecule has 6 N–H and O–H groups in total. The number of nitrogens with one attached hydrogen (secondary N) is 4. The second kappa shape index (κ2) is 14.2. The van der Waals surface area contributed by atoms with Gasteiger partial charge in [-0.05, 0) is 54.1 Å². The number of anilines is 2. The number of ether oxygens (including phenoxy) is 1. The average Bonchev–Trinajstić information content (AvgIpc) is 3.01. The highest BCUT2D eigenvalue weighted by Gasteiger charge is 2.34. The standard InChI is InChI=1S/C30H29N5O6/c36-27(30(39)35-40)26(32-21-14-16-23(17-15-21)41-22-11-5-2-6-12-22)29(38)33-24(19-20-9-3-1-4-10-20)28(37)34-25-13-7-8-18-31-25/h1-18,24,26-27,32,36,40H,19H2,(H,33,38)(H,35,39)(H,31,34,37). The van der Waals surface area contributed by atoms with Gasteiger partial charge in [-0.1, -0.05) is 54.6 Å². The topological polar surface area (TPSA) is 162 Å². The quantitative estimate of drug-likeness (QED) is 0.115. The Morgan fingerprint density at radius 3 is 2.02 bits per heavy atom. The number of aliphatic hydroxyl groups excluding tert-OH is 1. The van der Waals surface area contributed by atoms with Gasteiger partial charge < -0.3 is 25.8 Å². The zero-order chi connectivity index (χ0) is 29.0. The van der Waals surface area contributed by atoms with Crippen LogP contribution in [0.5, 0.6) is 11.5 Å². The molecule has 11 heteroatoms. The number of rotatable bonds is 12. The first-order valence-corrected chi connectivity index (χ1v) is 12.7. The maximum Gasteiger partial charge on any atom is 0.274 e.